The Morgan fingerprint density at radius 2 is 2.12 bits per heavy atom. The maximum atomic E-state index is 12.7. The van der Waals surface area contributed by atoms with Gasteiger partial charge in [0.15, 0.2) is 5.69 Å². The third kappa shape index (κ3) is 4.20. The zero-order valence-corrected chi connectivity index (χ0v) is 20.4. The molecule has 3 heterocycles. The molecular weight excluding hydrogens is 469 g/mol. The summed E-state index contributed by atoms with van der Waals surface area (Å²) in [4.78, 5) is 14.7. The van der Waals surface area contributed by atoms with Crippen LogP contribution >= 0.6 is 23.2 Å². The van der Waals surface area contributed by atoms with E-state index in [1.807, 2.05) is 40.8 Å². The van der Waals surface area contributed by atoms with Crippen LogP contribution < -0.4 is 5.32 Å². The maximum Gasteiger partial charge on any atom is 0.239 e. The quantitative estimate of drug-likeness (QED) is 0.542. The highest BCUT2D eigenvalue weighted by atomic mass is 35.5. The Balaban J connectivity index is 1.46. The number of fused-ring (bicyclic) bond motifs is 1. The minimum atomic E-state index is -0.183. The van der Waals surface area contributed by atoms with Crippen LogP contribution in [-0.4, -0.2) is 46.3 Å². The smallest absolute Gasteiger partial charge is 0.239 e. The van der Waals surface area contributed by atoms with Gasteiger partial charge in [0.1, 0.15) is 6.07 Å². The predicted octanol–water partition coefficient (Wildman–Crippen LogP) is 5.19. The average Bonchev–Trinajstić information content (AvgIpc) is 3.51. The first-order valence-corrected chi connectivity index (χ1v) is 12.3. The van der Waals surface area contributed by atoms with Crippen molar-refractivity contribution in [1.29, 1.82) is 5.26 Å². The minimum absolute atomic E-state index is 0.0359. The molecule has 5 rings (SSSR count). The van der Waals surface area contributed by atoms with Gasteiger partial charge in [-0.25, -0.2) is 0 Å². The largest absolute Gasteiger partial charge is 0.337 e. The molecule has 0 spiro atoms. The summed E-state index contributed by atoms with van der Waals surface area (Å²) < 4.78 is 1.86. The van der Waals surface area contributed by atoms with E-state index in [4.69, 9.17) is 23.2 Å². The molecule has 1 N–H and O–H groups in total. The van der Waals surface area contributed by atoms with E-state index in [0.717, 1.165) is 47.8 Å². The Labute approximate surface area is 208 Å². The molecule has 1 unspecified atom stereocenters. The highest BCUT2D eigenvalue weighted by Crippen LogP contribution is 2.33. The zero-order chi connectivity index (χ0) is 23.8. The Bertz CT molecular complexity index is 1330. The number of halogens is 2. The number of nitriles is 1. The molecule has 174 valence electrons. The molecule has 8 heteroatoms. The van der Waals surface area contributed by atoms with E-state index in [1.165, 1.54) is 5.57 Å². The van der Waals surface area contributed by atoms with Crippen molar-refractivity contribution in [2.24, 2.45) is 0 Å². The third-order valence-electron chi connectivity index (χ3n) is 6.84. The fraction of sp³-hybridized carbons (Fsp3) is 0.346. The van der Waals surface area contributed by atoms with Gasteiger partial charge in [0.25, 0.3) is 0 Å². The van der Waals surface area contributed by atoms with E-state index in [0.29, 0.717) is 28.8 Å². The number of nitrogens with zero attached hydrogens (tertiary/aromatic N) is 4. The van der Waals surface area contributed by atoms with E-state index in [1.54, 1.807) is 6.07 Å². The van der Waals surface area contributed by atoms with Crippen molar-refractivity contribution >= 4 is 45.6 Å². The van der Waals surface area contributed by atoms with Gasteiger partial charge in [-0.05, 0) is 73.7 Å². The molecule has 1 saturated heterocycles. The fourth-order valence-electron chi connectivity index (χ4n) is 4.93. The minimum Gasteiger partial charge on any atom is -0.337 e. The number of hydrogen-bond donors (Lipinski definition) is 1. The molecular formula is C26H25Cl2N5O. The van der Waals surface area contributed by atoms with Gasteiger partial charge < -0.3 is 10.2 Å². The first-order chi connectivity index (χ1) is 16.5. The van der Waals surface area contributed by atoms with Crippen molar-refractivity contribution in [1.82, 2.24) is 20.0 Å². The lowest BCUT2D eigenvalue weighted by Crippen LogP contribution is -2.45. The molecule has 1 aromatic heterocycles. The summed E-state index contributed by atoms with van der Waals surface area (Å²) in [6.45, 7) is 4.25. The second-order valence-corrected chi connectivity index (χ2v) is 9.73. The van der Waals surface area contributed by atoms with Crippen LogP contribution in [0.15, 0.2) is 42.5 Å². The summed E-state index contributed by atoms with van der Waals surface area (Å²) in [6, 6.07) is 13.5. The predicted molar refractivity (Wildman–Crippen MR) is 135 cm³/mol. The molecule has 6 nitrogen and oxygen atoms in total. The number of aromatic nitrogens is 2. The Kier molecular flexibility index (Phi) is 6.35. The van der Waals surface area contributed by atoms with Crippen LogP contribution in [0.1, 0.15) is 49.0 Å². The van der Waals surface area contributed by atoms with Crippen LogP contribution in [0.4, 0.5) is 0 Å². The molecule has 0 radical (unpaired) electrons. The molecule has 0 bridgehead atoms. The van der Waals surface area contributed by atoms with E-state index >= 15 is 0 Å². The van der Waals surface area contributed by atoms with Crippen molar-refractivity contribution in [3.8, 4) is 6.07 Å². The van der Waals surface area contributed by atoms with Crippen molar-refractivity contribution in [3.05, 3.63) is 69.3 Å². The lowest BCUT2D eigenvalue weighted by atomic mass is 9.97. The van der Waals surface area contributed by atoms with Crippen LogP contribution in [0.3, 0.4) is 0 Å². The second kappa shape index (κ2) is 9.42. The van der Waals surface area contributed by atoms with E-state index in [9.17, 15) is 10.1 Å². The summed E-state index contributed by atoms with van der Waals surface area (Å²) in [5.41, 5.74) is 4.43. The monoisotopic (exact) mass is 493 g/mol. The van der Waals surface area contributed by atoms with Crippen LogP contribution in [0.5, 0.6) is 0 Å². The molecule has 2 aliphatic heterocycles. The van der Waals surface area contributed by atoms with Gasteiger partial charge >= 0.3 is 0 Å². The average molecular weight is 494 g/mol. The van der Waals surface area contributed by atoms with Crippen molar-refractivity contribution in [2.75, 3.05) is 19.6 Å². The highest BCUT2D eigenvalue weighted by molar-refractivity contribution is 6.35. The Hall–Kier alpha value is -2.85. The van der Waals surface area contributed by atoms with Crippen molar-refractivity contribution < 1.29 is 4.79 Å². The lowest BCUT2D eigenvalue weighted by molar-refractivity contribution is -0.132. The number of carbonyl (C=O) groups excluding carboxylic acids is 1. The first kappa shape index (κ1) is 22.9. The topological polar surface area (TPSA) is 74.0 Å². The van der Waals surface area contributed by atoms with E-state index < -0.39 is 0 Å². The number of hydrogen-bond acceptors (Lipinski definition) is 4. The molecule has 34 heavy (non-hydrogen) atoms. The van der Waals surface area contributed by atoms with Crippen LogP contribution in [0.25, 0.3) is 16.5 Å². The number of amides is 1. The Morgan fingerprint density at radius 1 is 1.26 bits per heavy atom. The molecule has 1 amide bonds. The fourth-order valence-corrected chi connectivity index (χ4v) is 5.50. The lowest BCUT2D eigenvalue weighted by Gasteiger charge is -2.29. The Morgan fingerprint density at radius 3 is 2.79 bits per heavy atom. The summed E-state index contributed by atoms with van der Waals surface area (Å²) in [5, 5.41) is 19.5. The molecule has 0 aliphatic carbocycles. The van der Waals surface area contributed by atoms with Gasteiger partial charge in [-0.1, -0.05) is 41.4 Å². The van der Waals surface area contributed by atoms with Gasteiger partial charge in [0.05, 0.1) is 17.6 Å². The summed E-state index contributed by atoms with van der Waals surface area (Å²) >= 11 is 12.5. The summed E-state index contributed by atoms with van der Waals surface area (Å²) in [6.07, 6.45) is 4.91. The van der Waals surface area contributed by atoms with Gasteiger partial charge in [-0.15, -0.1) is 0 Å². The second-order valence-electron chi connectivity index (χ2n) is 8.89. The van der Waals surface area contributed by atoms with Gasteiger partial charge in [0.2, 0.25) is 5.91 Å². The first-order valence-electron chi connectivity index (χ1n) is 11.5. The van der Waals surface area contributed by atoms with Crippen LogP contribution in [-0.2, 0) is 4.79 Å². The van der Waals surface area contributed by atoms with Gasteiger partial charge in [-0.2, -0.15) is 10.4 Å². The molecule has 3 aromatic rings. The number of nitrogens with one attached hydrogen (secondary N) is 1. The molecule has 0 saturated carbocycles. The van der Waals surface area contributed by atoms with Crippen LogP contribution in [0.2, 0.25) is 10.0 Å². The van der Waals surface area contributed by atoms with Gasteiger partial charge in [-0.3, -0.25) is 9.48 Å². The molecule has 1 fully saturated rings. The standard InChI is InChI=1S/C26H25Cl2N5O/c1-16(20-7-5-19(27)14-22(20)28)33-25-13-18(4-6-21(25)24(15-29)31-33)17-8-11-32(12-9-17)26(34)23-3-2-10-30-23/h4-8,13-14,16,23,30H,2-3,9-12H2,1H3/t16-,23?/m1/s1. The maximum absolute atomic E-state index is 12.7. The summed E-state index contributed by atoms with van der Waals surface area (Å²) in [5.74, 6) is 0.202. The van der Waals surface area contributed by atoms with Crippen molar-refractivity contribution in [2.45, 2.75) is 38.3 Å². The van der Waals surface area contributed by atoms with Gasteiger partial charge in [0, 0.05) is 28.5 Å². The highest BCUT2D eigenvalue weighted by Gasteiger charge is 2.28. The number of benzene rings is 2. The van der Waals surface area contributed by atoms with E-state index in [-0.39, 0.29) is 18.0 Å². The molecule has 2 atom stereocenters. The molecule has 2 aliphatic rings. The van der Waals surface area contributed by atoms with Crippen molar-refractivity contribution in [3.63, 3.8) is 0 Å². The zero-order valence-electron chi connectivity index (χ0n) is 18.9. The molecule has 2 aromatic carbocycles. The third-order valence-corrected chi connectivity index (χ3v) is 7.41. The number of rotatable bonds is 4. The summed E-state index contributed by atoms with van der Waals surface area (Å²) in [7, 11) is 0. The normalized spacial score (nSPS) is 19.2. The van der Waals surface area contributed by atoms with E-state index in [2.05, 4.69) is 28.6 Å². The van der Waals surface area contributed by atoms with Crippen LogP contribution in [0, 0.1) is 11.3 Å². The SMILES string of the molecule is C[C@H](c1ccc(Cl)cc1Cl)n1nc(C#N)c2ccc(C3=CCN(C(=O)C4CCCN4)CC3)cc21. The number of carbonyl (C=O) groups is 1.